The highest BCUT2D eigenvalue weighted by Gasteiger charge is 2.58. The maximum atomic E-state index is 6.54. The lowest BCUT2D eigenvalue weighted by Crippen LogP contribution is -2.49. The number of rotatable bonds is 3. The minimum atomic E-state index is -0.715. The van der Waals surface area contributed by atoms with Gasteiger partial charge in [-0.3, -0.25) is 4.90 Å². The van der Waals surface area contributed by atoms with Crippen molar-refractivity contribution in [2.24, 2.45) is 10.9 Å². The maximum Gasteiger partial charge on any atom is 0.164 e. The van der Waals surface area contributed by atoms with Crippen LogP contribution < -0.4 is 4.90 Å². The van der Waals surface area contributed by atoms with E-state index in [1.54, 1.807) is 0 Å². The van der Waals surface area contributed by atoms with Crippen LogP contribution in [0.15, 0.2) is 172 Å². The summed E-state index contributed by atoms with van der Waals surface area (Å²) in [5.41, 5.74) is 8.52. The highest BCUT2D eigenvalue weighted by molar-refractivity contribution is 6.15. The fourth-order valence-electron chi connectivity index (χ4n) is 9.74. The first-order chi connectivity index (χ1) is 26.3. The smallest absolute Gasteiger partial charge is 0.164 e. The monoisotopic (exact) mass is 699 g/mol. The van der Waals surface area contributed by atoms with Gasteiger partial charge in [-0.2, -0.15) is 0 Å². The number of aliphatic imine (C=N–C) groups is 1. The van der Waals surface area contributed by atoms with Gasteiger partial charge in [0.25, 0.3) is 0 Å². The molecular formula is C48H37N5O. The SMILES string of the molecule is CC1C=CC2(C)C3=C1C1(C)N=C(c4ccccc4)N(c4ccccc4)C1=CC3(C)c1ccc3oc4cccc(c4c3c1)-c1nc(-c3ccccc3)nc2n1. The van der Waals surface area contributed by atoms with Crippen molar-refractivity contribution in [2.45, 2.75) is 44.1 Å². The van der Waals surface area contributed by atoms with E-state index in [2.05, 4.69) is 148 Å². The van der Waals surface area contributed by atoms with Crippen LogP contribution in [-0.4, -0.2) is 26.3 Å². The van der Waals surface area contributed by atoms with E-state index in [-0.39, 0.29) is 5.92 Å². The summed E-state index contributed by atoms with van der Waals surface area (Å²) >= 11 is 0. The van der Waals surface area contributed by atoms with Gasteiger partial charge in [0.2, 0.25) is 0 Å². The van der Waals surface area contributed by atoms with Crippen LogP contribution in [0.3, 0.4) is 0 Å². The van der Waals surface area contributed by atoms with E-state index in [0.717, 1.165) is 55.8 Å². The molecule has 4 aliphatic rings. The zero-order chi connectivity index (χ0) is 36.4. The highest BCUT2D eigenvalue weighted by Crippen LogP contribution is 2.60. The summed E-state index contributed by atoms with van der Waals surface area (Å²) in [6.45, 7) is 9.30. The van der Waals surface area contributed by atoms with Crippen molar-refractivity contribution in [3.63, 3.8) is 0 Å². The molecule has 0 saturated carbocycles. The molecule has 4 heterocycles. The zero-order valence-corrected chi connectivity index (χ0v) is 30.6. The normalized spacial score (nSPS) is 25.1. The number of benzene rings is 5. The van der Waals surface area contributed by atoms with Gasteiger partial charge >= 0.3 is 0 Å². The Labute approximate surface area is 314 Å². The Morgan fingerprint density at radius 1 is 0.667 bits per heavy atom. The summed E-state index contributed by atoms with van der Waals surface area (Å²) in [6, 6.07) is 44.4. The van der Waals surface area contributed by atoms with Crippen LogP contribution in [0.4, 0.5) is 5.69 Å². The van der Waals surface area contributed by atoms with Crippen molar-refractivity contribution >= 4 is 33.5 Å². The molecule has 4 bridgehead atoms. The Morgan fingerprint density at radius 3 is 2.13 bits per heavy atom. The molecule has 0 N–H and O–H groups in total. The average molecular weight is 700 g/mol. The van der Waals surface area contributed by atoms with Crippen molar-refractivity contribution in [1.29, 1.82) is 0 Å². The van der Waals surface area contributed by atoms with Crippen LogP contribution in [0.2, 0.25) is 0 Å². The molecule has 0 saturated heterocycles. The second-order valence-corrected chi connectivity index (χ2v) is 15.6. The van der Waals surface area contributed by atoms with E-state index < -0.39 is 16.4 Å². The standard InChI is InChI=1S/C48H37N5O/c1-29-25-26-46(2)41-40(29)48(4)38(53(33-19-12-7-13-20-33)44(52-48)31-17-10-6-11-18-31)28-47(41,3)32-23-24-36-35(27-32)39-34(21-14-22-37(39)54-36)43-49-42(50-45(46)51-43)30-15-8-5-9-16-30/h5-29H,1-4H3. The minimum absolute atomic E-state index is 0.0826. The zero-order valence-electron chi connectivity index (χ0n) is 30.6. The van der Waals surface area contributed by atoms with Crippen LogP contribution in [0.1, 0.15) is 44.6 Å². The van der Waals surface area contributed by atoms with Gasteiger partial charge in [-0.1, -0.05) is 116 Å². The molecule has 4 unspecified atom stereocenters. The first-order valence-electron chi connectivity index (χ1n) is 18.7. The molecule has 11 rings (SSSR count). The summed E-state index contributed by atoms with van der Waals surface area (Å²) in [5.74, 6) is 3.01. The number of nitrogens with zero attached hydrogens (tertiary/aromatic N) is 5. The van der Waals surface area contributed by atoms with Gasteiger partial charge < -0.3 is 4.42 Å². The van der Waals surface area contributed by atoms with E-state index in [0.29, 0.717) is 17.5 Å². The van der Waals surface area contributed by atoms with Crippen LogP contribution in [-0.2, 0) is 10.8 Å². The third-order valence-corrected chi connectivity index (χ3v) is 12.2. The number of anilines is 1. The van der Waals surface area contributed by atoms with E-state index in [1.165, 1.54) is 16.7 Å². The lowest BCUT2D eigenvalue weighted by atomic mass is 9.54. The van der Waals surface area contributed by atoms with Gasteiger partial charge in [0.15, 0.2) is 11.6 Å². The summed E-state index contributed by atoms with van der Waals surface area (Å²) < 4.78 is 6.54. The number of hydrogen-bond donors (Lipinski definition) is 0. The fraction of sp³-hybridized carbons (Fsp3) is 0.167. The lowest BCUT2D eigenvalue weighted by Gasteiger charge is -2.51. The Morgan fingerprint density at radius 2 is 1.37 bits per heavy atom. The topological polar surface area (TPSA) is 67.4 Å². The molecule has 7 aromatic rings. The Hall–Kier alpha value is -6.40. The van der Waals surface area contributed by atoms with Crippen LogP contribution in [0.5, 0.6) is 0 Å². The van der Waals surface area contributed by atoms with Crippen molar-refractivity contribution in [2.75, 3.05) is 4.90 Å². The number of para-hydroxylation sites is 1. The molecule has 0 radical (unpaired) electrons. The first-order valence-corrected chi connectivity index (χ1v) is 18.7. The quantitative estimate of drug-likeness (QED) is 0.172. The Balaban J connectivity index is 1.30. The van der Waals surface area contributed by atoms with E-state index in [4.69, 9.17) is 24.4 Å². The van der Waals surface area contributed by atoms with Crippen LogP contribution in [0.25, 0.3) is 44.7 Å². The maximum absolute atomic E-state index is 6.54. The number of furan rings is 1. The van der Waals surface area contributed by atoms with Gasteiger partial charge in [-0.05, 0) is 79.8 Å². The van der Waals surface area contributed by atoms with E-state index in [1.807, 2.05) is 30.3 Å². The van der Waals surface area contributed by atoms with Crippen LogP contribution >= 0.6 is 0 Å². The number of hydrogen-bond acceptors (Lipinski definition) is 6. The summed E-state index contributed by atoms with van der Waals surface area (Å²) in [5, 5.41) is 2.06. The predicted octanol–water partition coefficient (Wildman–Crippen LogP) is 10.8. The molecule has 0 fully saturated rings. The minimum Gasteiger partial charge on any atom is -0.456 e. The average Bonchev–Trinajstić information content (AvgIpc) is 3.74. The molecule has 2 aliphatic carbocycles. The Kier molecular flexibility index (Phi) is 6.25. The number of amidine groups is 1. The molecule has 54 heavy (non-hydrogen) atoms. The summed E-state index contributed by atoms with van der Waals surface area (Å²) in [7, 11) is 0. The number of fused-ring (bicyclic) bond motifs is 8. The molecule has 4 atom stereocenters. The summed E-state index contributed by atoms with van der Waals surface area (Å²) in [4.78, 5) is 24.2. The lowest BCUT2D eigenvalue weighted by molar-refractivity contribution is 0.443. The molecule has 5 aromatic carbocycles. The summed E-state index contributed by atoms with van der Waals surface area (Å²) in [6.07, 6.45) is 7.18. The fourth-order valence-corrected chi connectivity index (χ4v) is 9.74. The highest BCUT2D eigenvalue weighted by atomic mass is 16.3. The molecule has 0 spiro atoms. The third-order valence-electron chi connectivity index (χ3n) is 12.2. The number of allylic oxidation sites excluding steroid dienone is 4. The van der Waals surface area contributed by atoms with Crippen molar-refractivity contribution in [1.82, 2.24) is 15.0 Å². The van der Waals surface area contributed by atoms with Gasteiger partial charge in [-0.15, -0.1) is 0 Å². The van der Waals surface area contributed by atoms with Gasteiger partial charge in [0.05, 0.1) is 11.1 Å². The van der Waals surface area contributed by atoms with Crippen LogP contribution in [0, 0.1) is 5.92 Å². The van der Waals surface area contributed by atoms with E-state index in [9.17, 15) is 0 Å². The molecule has 260 valence electrons. The first kappa shape index (κ1) is 31.2. The molecule has 0 amide bonds. The second kappa shape index (κ2) is 10.8. The molecule has 6 nitrogen and oxygen atoms in total. The molecule has 2 aliphatic heterocycles. The van der Waals surface area contributed by atoms with Crippen molar-refractivity contribution in [3.8, 4) is 22.8 Å². The van der Waals surface area contributed by atoms with Gasteiger partial charge in [0.1, 0.15) is 28.4 Å². The van der Waals surface area contributed by atoms with Crippen molar-refractivity contribution in [3.05, 3.63) is 179 Å². The second-order valence-electron chi connectivity index (χ2n) is 15.6. The molecule has 2 aromatic heterocycles. The van der Waals surface area contributed by atoms with Gasteiger partial charge in [0, 0.05) is 38.6 Å². The molecule has 6 heteroatoms. The van der Waals surface area contributed by atoms with Gasteiger partial charge in [-0.25, -0.2) is 19.9 Å². The predicted molar refractivity (Wildman–Crippen MR) is 216 cm³/mol. The number of aromatic nitrogens is 3. The largest absolute Gasteiger partial charge is 0.456 e. The third kappa shape index (κ3) is 4.11. The molecular weight excluding hydrogens is 663 g/mol. The van der Waals surface area contributed by atoms with E-state index >= 15 is 0 Å². The van der Waals surface area contributed by atoms with Crippen molar-refractivity contribution < 1.29 is 4.42 Å². The Bertz CT molecular complexity index is 2840.